The molecule has 38 heavy (non-hydrogen) atoms. The van der Waals surface area contributed by atoms with Crippen molar-refractivity contribution in [2.75, 3.05) is 0 Å². The molecule has 0 amide bonds. The molecule has 0 fully saturated rings. The second-order valence-corrected chi connectivity index (χ2v) is 11.8. The first-order valence-electron chi connectivity index (χ1n) is 13.6. The Hall–Kier alpha value is -3.36. The third-order valence-corrected chi connectivity index (χ3v) is 7.29. The highest BCUT2D eigenvalue weighted by Gasteiger charge is 2.19. The van der Waals surface area contributed by atoms with E-state index in [0.717, 1.165) is 29.7 Å². The molecule has 1 N–H and O–H groups in total. The van der Waals surface area contributed by atoms with Gasteiger partial charge in [0.25, 0.3) is 0 Å². The quantitative estimate of drug-likeness (QED) is 0.260. The summed E-state index contributed by atoms with van der Waals surface area (Å²) in [6.07, 6.45) is 1.81. The maximum atomic E-state index is 9.23. The van der Waals surface area contributed by atoms with Crippen LogP contribution in [-0.4, -0.2) is 5.11 Å². The van der Waals surface area contributed by atoms with Gasteiger partial charge in [-0.1, -0.05) is 93.6 Å². The molecule has 4 aromatic rings. The third kappa shape index (κ3) is 6.74. The molecule has 0 atom stereocenters. The molecule has 2 heteroatoms. The summed E-state index contributed by atoms with van der Waals surface area (Å²) in [5.41, 5.74) is 14.1. The Kier molecular flexibility index (Phi) is 8.43. The lowest BCUT2D eigenvalue weighted by atomic mass is 9.80. The minimum absolute atomic E-state index is 0.0848. The lowest BCUT2D eigenvalue weighted by molar-refractivity contribution is 0.282. The zero-order valence-electron chi connectivity index (χ0n) is 24.1. The van der Waals surface area contributed by atoms with Crippen LogP contribution in [0.3, 0.4) is 0 Å². The fourth-order valence-corrected chi connectivity index (χ4v) is 5.85. The maximum Gasteiger partial charge on any atom is 0.125 e. The molecule has 198 valence electrons. The largest absolute Gasteiger partial charge is 0.488 e. The zero-order chi connectivity index (χ0) is 27.4. The van der Waals surface area contributed by atoms with Crippen LogP contribution in [0.25, 0.3) is 0 Å². The molecule has 0 saturated heterocycles. The number of aliphatic hydroxyl groups is 1. The van der Waals surface area contributed by atoms with Gasteiger partial charge in [0.05, 0.1) is 6.61 Å². The third-order valence-electron chi connectivity index (χ3n) is 7.29. The summed E-state index contributed by atoms with van der Waals surface area (Å²) in [7, 11) is 0. The Bertz CT molecular complexity index is 1340. The molecule has 4 aromatic carbocycles. The Morgan fingerprint density at radius 3 is 1.39 bits per heavy atom. The maximum absolute atomic E-state index is 9.23. The topological polar surface area (TPSA) is 29.5 Å². The Morgan fingerprint density at radius 2 is 0.947 bits per heavy atom. The van der Waals surface area contributed by atoms with Crippen LogP contribution in [-0.2, 0) is 31.5 Å². The van der Waals surface area contributed by atoms with Crippen molar-refractivity contribution >= 4 is 0 Å². The molecule has 0 spiro atoms. The van der Waals surface area contributed by atoms with Crippen molar-refractivity contribution in [2.45, 2.75) is 79.9 Å². The average Bonchev–Trinajstić information content (AvgIpc) is 2.83. The summed E-state index contributed by atoms with van der Waals surface area (Å²) in [5.74, 6) is 0.984. The second-order valence-electron chi connectivity index (χ2n) is 11.8. The fraction of sp³-hybridized carbons (Fsp3) is 0.333. The first kappa shape index (κ1) is 27.7. The molecule has 0 aliphatic heterocycles. The fourth-order valence-electron chi connectivity index (χ4n) is 5.85. The van der Waals surface area contributed by atoms with Crippen LogP contribution in [0, 0.1) is 27.7 Å². The van der Waals surface area contributed by atoms with E-state index >= 15 is 0 Å². The summed E-state index contributed by atoms with van der Waals surface area (Å²) in [6.45, 7) is 16.3. The van der Waals surface area contributed by atoms with E-state index in [1.807, 2.05) is 12.1 Å². The Balaban J connectivity index is 1.40. The van der Waals surface area contributed by atoms with Gasteiger partial charge in [-0.05, 0) is 107 Å². The molecule has 2 nitrogen and oxygen atoms in total. The van der Waals surface area contributed by atoms with Crippen molar-refractivity contribution in [2.24, 2.45) is 0 Å². The molecular formula is C36H42O2. The van der Waals surface area contributed by atoms with Gasteiger partial charge in [0.15, 0.2) is 0 Å². The van der Waals surface area contributed by atoms with Crippen LogP contribution < -0.4 is 4.74 Å². The Morgan fingerprint density at radius 1 is 0.553 bits per heavy atom. The van der Waals surface area contributed by atoms with Crippen molar-refractivity contribution in [1.82, 2.24) is 0 Å². The smallest absolute Gasteiger partial charge is 0.125 e. The first-order chi connectivity index (χ1) is 18.0. The number of hydrogen-bond acceptors (Lipinski definition) is 2. The van der Waals surface area contributed by atoms with E-state index < -0.39 is 0 Å². The van der Waals surface area contributed by atoms with Crippen molar-refractivity contribution in [3.8, 4) is 5.75 Å². The summed E-state index contributed by atoms with van der Waals surface area (Å²) in [5, 5.41) is 9.23. The highest BCUT2D eigenvalue weighted by atomic mass is 16.5. The van der Waals surface area contributed by atoms with E-state index in [0.29, 0.717) is 6.61 Å². The highest BCUT2D eigenvalue weighted by molar-refractivity contribution is 5.47. The van der Waals surface area contributed by atoms with E-state index in [1.54, 1.807) is 0 Å². The lowest BCUT2D eigenvalue weighted by Gasteiger charge is -2.25. The molecule has 0 bridgehead atoms. The normalized spacial score (nSPS) is 11.6. The number of hydrogen-bond donors (Lipinski definition) is 1. The van der Waals surface area contributed by atoms with E-state index in [2.05, 4.69) is 109 Å². The molecule has 0 aromatic heterocycles. The molecule has 0 aliphatic carbocycles. The lowest BCUT2D eigenvalue weighted by Crippen LogP contribution is -2.15. The molecule has 0 heterocycles. The molecule has 0 unspecified atom stereocenters. The monoisotopic (exact) mass is 506 g/mol. The highest BCUT2D eigenvalue weighted by Crippen LogP contribution is 2.32. The van der Waals surface area contributed by atoms with Crippen LogP contribution in [0.1, 0.15) is 82.0 Å². The minimum atomic E-state index is 0.0848. The van der Waals surface area contributed by atoms with E-state index in [4.69, 9.17) is 4.74 Å². The minimum Gasteiger partial charge on any atom is -0.488 e. The standard InChI is InChI=1S/C36H42O2/c1-24-16-32(17-25(2)34(24)36(5,6)7)21-33-18-26(3)35(27(4)19-33)38-23-31-14-10-29(11-15-31)20-28-8-12-30(22-37)13-9-28/h8-19,37H,20-23H2,1-7H3. The van der Waals surface area contributed by atoms with Gasteiger partial charge in [0.2, 0.25) is 0 Å². The predicted octanol–water partition coefficient (Wildman–Crippen LogP) is 8.47. The summed E-state index contributed by atoms with van der Waals surface area (Å²) < 4.78 is 6.31. The van der Waals surface area contributed by atoms with Crippen LogP contribution in [0.5, 0.6) is 5.75 Å². The summed E-state index contributed by atoms with van der Waals surface area (Å²) in [6, 6.07) is 26.1. The SMILES string of the molecule is Cc1cc(Cc2cc(C)c(C(C)(C)C)c(C)c2)cc(C)c1OCc1ccc(Cc2ccc(CO)cc2)cc1. The summed E-state index contributed by atoms with van der Waals surface area (Å²) >= 11 is 0. The van der Waals surface area contributed by atoms with Crippen molar-refractivity contribution < 1.29 is 9.84 Å². The van der Waals surface area contributed by atoms with Gasteiger partial charge in [-0.25, -0.2) is 0 Å². The zero-order valence-corrected chi connectivity index (χ0v) is 24.1. The molecule has 0 aliphatic rings. The van der Waals surface area contributed by atoms with E-state index in [1.165, 1.54) is 50.1 Å². The number of benzene rings is 4. The van der Waals surface area contributed by atoms with Crippen molar-refractivity contribution in [3.63, 3.8) is 0 Å². The van der Waals surface area contributed by atoms with Crippen molar-refractivity contribution in [3.05, 3.63) is 134 Å². The Labute approximate surface area is 229 Å². The molecule has 0 radical (unpaired) electrons. The van der Waals surface area contributed by atoms with Gasteiger partial charge in [0, 0.05) is 0 Å². The van der Waals surface area contributed by atoms with Crippen LogP contribution >= 0.6 is 0 Å². The van der Waals surface area contributed by atoms with Gasteiger partial charge >= 0.3 is 0 Å². The predicted molar refractivity (Wildman–Crippen MR) is 159 cm³/mol. The summed E-state index contributed by atoms with van der Waals surface area (Å²) in [4.78, 5) is 0. The van der Waals surface area contributed by atoms with Crippen LogP contribution in [0.15, 0.2) is 72.8 Å². The van der Waals surface area contributed by atoms with Gasteiger partial charge in [-0.2, -0.15) is 0 Å². The second kappa shape index (κ2) is 11.6. The van der Waals surface area contributed by atoms with Gasteiger partial charge in [0.1, 0.15) is 12.4 Å². The first-order valence-corrected chi connectivity index (χ1v) is 13.6. The number of aliphatic hydroxyl groups excluding tert-OH is 1. The van der Waals surface area contributed by atoms with Gasteiger partial charge in [-0.3, -0.25) is 0 Å². The molecule has 0 saturated carbocycles. The van der Waals surface area contributed by atoms with Gasteiger partial charge in [-0.15, -0.1) is 0 Å². The number of aryl methyl sites for hydroxylation is 4. The van der Waals surface area contributed by atoms with Crippen LogP contribution in [0.2, 0.25) is 0 Å². The van der Waals surface area contributed by atoms with Gasteiger partial charge < -0.3 is 9.84 Å². The van der Waals surface area contributed by atoms with E-state index in [9.17, 15) is 5.11 Å². The number of rotatable bonds is 8. The number of ether oxygens (including phenoxy) is 1. The molecule has 4 rings (SSSR count). The van der Waals surface area contributed by atoms with Crippen molar-refractivity contribution in [1.29, 1.82) is 0 Å². The molecular weight excluding hydrogens is 464 g/mol. The van der Waals surface area contributed by atoms with Crippen LogP contribution in [0.4, 0.5) is 0 Å². The van der Waals surface area contributed by atoms with E-state index in [-0.39, 0.29) is 12.0 Å². The average molecular weight is 507 g/mol.